The zero-order chi connectivity index (χ0) is 15.2. The van der Waals surface area contributed by atoms with Crippen LogP contribution in [0.3, 0.4) is 0 Å². The van der Waals surface area contributed by atoms with E-state index in [0.717, 1.165) is 0 Å². The highest BCUT2D eigenvalue weighted by molar-refractivity contribution is 8.20. The molecule has 6 nitrogen and oxygen atoms in total. The van der Waals surface area contributed by atoms with Crippen LogP contribution >= 0.6 is 24.0 Å². The summed E-state index contributed by atoms with van der Waals surface area (Å²) >= 11 is 6.02. The van der Waals surface area contributed by atoms with Gasteiger partial charge in [0.2, 0.25) is 0 Å². The Morgan fingerprint density at radius 1 is 1.38 bits per heavy atom. The molecule has 21 heavy (non-hydrogen) atoms. The number of benzene rings is 1. The van der Waals surface area contributed by atoms with Crippen LogP contribution in [-0.4, -0.2) is 20.5 Å². The van der Waals surface area contributed by atoms with Crippen molar-refractivity contribution in [2.75, 3.05) is 5.32 Å². The lowest BCUT2D eigenvalue weighted by atomic mass is 10.2. The second kappa shape index (κ2) is 6.91. The van der Waals surface area contributed by atoms with Crippen molar-refractivity contribution >= 4 is 46.1 Å². The van der Waals surface area contributed by atoms with Crippen molar-refractivity contribution in [3.63, 3.8) is 0 Å². The number of rotatable bonds is 5. The summed E-state index contributed by atoms with van der Waals surface area (Å²) in [5.41, 5.74) is 0.0466. The largest absolute Gasteiger partial charge is 0.306 e. The Kier molecular flexibility index (Phi) is 4.96. The second-order valence-corrected chi connectivity index (χ2v) is 5.27. The molecule has 0 bridgehead atoms. The molecular weight excluding hydrogens is 310 g/mol. The number of nitro groups is 1. The van der Waals surface area contributed by atoms with Crippen LogP contribution in [0, 0.1) is 10.1 Å². The third-order valence-corrected chi connectivity index (χ3v) is 3.47. The summed E-state index contributed by atoms with van der Waals surface area (Å²) in [6, 6.07) is 8.98. The highest BCUT2D eigenvalue weighted by Crippen LogP contribution is 2.24. The zero-order valence-corrected chi connectivity index (χ0v) is 12.2. The molecule has 0 saturated carbocycles. The first-order chi connectivity index (χ1) is 10.1. The average Bonchev–Trinajstić information content (AvgIpc) is 2.49. The van der Waals surface area contributed by atoms with Gasteiger partial charge in [0.1, 0.15) is 5.82 Å². The molecule has 0 atom stereocenters. The van der Waals surface area contributed by atoms with Crippen molar-refractivity contribution in [3.8, 4) is 0 Å². The number of nitrogens with zero attached hydrogens (tertiary/aromatic N) is 2. The van der Waals surface area contributed by atoms with Crippen molar-refractivity contribution < 1.29 is 9.72 Å². The highest BCUT2D eigenvalue weighted by atomic mass is 32.2. The third-order valence-electron chi connectivity index (χ3n) is 2.50. The lowest BCUT2D eigenvalue weighted by Crippen LogP contribution is -2.13. The molecule has 8 heteroatoms. The van der Waals surface area contributed by atoms with Crippen LogP contribution < -0.4 is 5.32 Å². The summed E-state index contributed by atoms with van der Waals surface area (Å²) in [7, 11) is 0. The molecule has 0 fully saturated rings. The number of nitrogens with one attached hydrogen (secondary N) is 1. The van der Waals surface area contributed by atoms with E-state index in [1.807, 2.05) is 0 Å². The van der Waals surface area contributed by atoms with E-state index < -0.39 is 10.8 Å². The minimum atomic E-state index is -0.551. The predicted octanol–water partition coefficient (Wildman–Crippen LogP) is 3.29. The van der Waals surface area contributed by atoms with Gasteiger partial charge in [-0.3, -0.25) is 14.9 Å². The minimum absolute atomic E-state index is 0.142. The van der Waals surface area contributed by atoms with Gasteiger partial charge in [0, 0.05) is 28.6 Å². The Bertz CT molecular complexity index is 707. The van der Waals surface area contributed by atoms with E-state index in [-0.39, 0.29) is 11.3 Å². The summed E-state index contributed by atoms with van der Waals surface area (Å²) < 4.78 is 1.46. The lowest BCUT2D eigenvalue weighted by molar-refractivity contribution is -0.384. The van der Waals surface area contributed by atoms with E-state index in [4.69, 9.17) is 12.2 Å². The first-order valence-corrected chi connectivity index (χ1v) is 7.08. The van der Waals surface area contributed by atoms with Crippen LogP contribution in [-0.2, 0) is 0 Å². The Labute approximate surface area is 129 Å². The zero-order valence-electron chi connectivity index (χ0n) is 10.6. The van der Waals surface area contributed by atoms with Gasteiger partial charge in [0.25, 0.3) is 11.6 Å². The summed E-state index contributed by atoms with van der Waals surface area (Å²) in [6.07, 6.45) is 1.54. The summed E-state index contributed by atoms with van der Waals surface area (Å²) in [5, 5.41) is 13.3. The number of hydrogen-bond donors (Lipinski definition) is 1. The maximum Gasteiger partial charge on any atom is 0.270 e. The normalized spacial score (nSPS) is 9.90. The van der Waals surface area contributed by atoms with Crippen LogP contribution in [0.5, 0.6) is 0 Å². The van der Waals surface area contributed by atoms with E-state index in [2.05, 4.69) is 10.3 Å². The number of anilines is 1. The number of carbonyl (C=O) groups is 1. The number of thiocarbonyl (C=S) groups is 1. The maximum absolute atomic E-state index is 12.1. The Morgan fingerprint density at radius 2 is 2.19 bits per heavy atom. The van der Waals surface area contributed by atoms with Gasteiger partial charge in [-0.1, -0.05) is 30.0 Å². The van der Waals surface area contributed by atoms with Gasteiger partial charge < -0.3 is 5.32 Å². The Balaban J connectivity index is 2.24. The molecule has 1 aromatic carbocycles. The van der Waals surface area contributed by atoms with Crippen molar-refractivity contribution in [1.82, 2.24) is 4.98 Å². The molecule has 0 spiro atoms. The Morgan fingerprint density at radius 3 is 2.90 bits per heavy atom. The van der Waals surface area contributed by atoms with E-state index in [9.17, 15) is 14.9 Å². The van der Waals surface area contributed by atoms with E-state index in [0.29, 0.717) is 10.7 Å². The highest BCUT2D eigenvalue weighted by Gasteiger charge is 2.13. The average molecular weight is 319 g/mol. The minimum Gasteiger partial charge on any atom is -0.306 e. The fourth-order valence-electron chi connectivity index (χ4n) is 1.57. The maximum atomic E-state index is 12.1. The number of carbonyl (C=O) groups excluding carboxylic acids is 1. The smallest absolute Gasteiger partial charge is 0.270 e. The fourth-order valence-corrected chi connectivity index (χ4v) is 2.36. The molecule has 0 aliphatic carbocycles. The number of aromatic nitrogens is 1. The van der Waals surface area contributed by atoms with Crippen LogP contribution in [0.2, 0.25) is 0 Å². The van der Waals surface area contributed by atoms with Gasteiger partial charge in [-0.25, -0.2) is 4.98 Å². The van der Waals surface area contributed by atoms with Crippen LogP contribution in [0.4, 0.5) is 11.5 Å². The van der Waals surface area contributed by atoms with E-state index in [1.165, 1.54) is 46.9 Å². The van der Waals surface area contributed by atoms with E-state index >= 15 is 0 Å². The summed E-state index contributed by atoms with van der Waals surface area (Å²) in [5.74, 6) is -0.108. The van der Waals surface area contributed by atoms with Gasteiger partial charge in [-0.05, 0) is 18.2 Å². The van der Waals surface area contributed by atoms with E-state index in [1.54, 1.807) is 12.1 Å². The van der Waals surface area contributed by atoms with Gasteiger partial charge in [-0.15, -0.1) is 0 Å². The molecule has 0 saturated heterocycles. The second-order valence-electron chi connectivity index (χ2n) is 3.83. The molecule has 1 N–H and O–H groups in total. The van der Waals surface area contributed by atoms with Crippen molar-refractivity contribution in [2.24, 2.45) is 0 Å². The van der Waals surface area contributed by atoms with Crippen molar-refractivity contribution in [2.45, 2.75) is 4.90 Å². The predicted molar refractivity (Wildman–Crippen MR) is 84.8 cm³/mol. The topological polar surface area (TPSA) is 85.1 Å². The van der Waals surface area contributed by atoms with Crippen LogP contribution in [0.25, 0.3) is 0 Å². The molecule has 0 aliphatic rings. The molecule has 106 valence electrons. The van der Waals surface area contributed by atoms with Crippen LogP contribution in [0.1, 0.15) is 10.4 Å². The fraction of sp³-hybridized carbons (Fsp3) is 0. The number of amides is 1. The molecule has 1 heterocycles. The number of nitro benzene ring substituents is 1. The standard InChI is InChI=1S/C13H9N3O3S2/c17-13(9-3-1-4-10(7-9)16(18)19)15-12-11(21-8-20)5-2-6-14-12/h1-8H,(H,14,15,17). The molecule has 1 aromatic heterocycles. The third kappa shape index (κ3) is 3.83. The number of thioether (sulfide) groups is 1. The summed E-state index contributed by atoms with van der Waals surface area (Å²) in [6.45, 7) is 0. The molecule has 1 amide bonds. The quantitative estimate of drug-likeness (QED) is 0.394. The molecular formula is C13H9N3O3S2. The molecule has 2 rings (SSSR count). The Hall–Kier alpha value is -2.32. The molecule has 0 aliphatic heterocycles. The van der Waals surface area contributed by atoms with Gasteiger partial charge in [0.15, 0.2) is 0 Å². The number of pyridine rings is 1. The van der Waals surface area contributed by atoms with Crippen LogP contribution in [0.15, 0.2) is 47.5 Å². The molecule has 2 aromatic rings. The van der Waals surface area contributed by atoms with Gasteiger partial charge >= 0.3 is 0 Å². The monoisotopic (exact) mass is 319 g/mol. The van der Waals surface area contributed by atoms with Crippen molar-refractivity contribution in [1.29, 1.82) is 0 Å². The first-order valence-electron chi connectivity index (χ1n) is 5.73. The molecule has 0 unspecified atom stereocenters. The number of hydrogen-bond acceptors (Lipinski definition) is 6. The van der Waals surface area contributed by atoms with Crippen molar-refractivity contribution in [3.05, 3.63) is 58.3 Å². The SMILES string of the molecule is O=C(Nc1ncccc1SC=S)c1cccc([N+](=O)[O-])c1. The van der Waals surface area contributed by atoms with Gasteiger partial charge in [0.05, 0.1) is 9.82 Å². The molecule has 0 radical (unpaired) electrons. The first kappa shape index (κ1) is 15.1. The van der Waals surface area contributed by atoms with Gasteiger partial charge in [-0.2, -0.15) is 0 Å². The lowest BCUT2D eigenvalue weighted by Gasteiger charge is -2.07. The number of non-ortho nitro benzene ring substituents is 1. The summed E-state index contributed by atoms with van der Waals surface area (Å²) in [4.78, 5) is 27.1.